The molecule has 0 aromatic heterocycles. The van der Waals surface area contributed by atoms with E-state index in [0.717, 1.165) is 31.7 Å². The standard InChI is InChI=1S/C14H20N2O/c1-11-4-5-13(10-12(11)2)14(17)16-8-6-15(3)7-9-16/h4-5,10H,6-9H2,1-3H3/p+1. The van der Waals surface area contributed by atoms with Crippen molar-refractivity contribution in [2.24, 2.45) is 0 Å². The smallest absolute Gasteiger partial charge is 0.254 e. The zero-order chi connectivity index (χ0) is 12.4. The van der Waals surface area contributed by atoms with Gasteiger partial charge in [0.05, 0.1) is 33.2 Å². The monoisotopic (exact) mass is 233 g/mol. The first-order chi connectivity index (χ1) is 8.08. The maximum Gasteiger partial charge on any atom is 0.254 e. The van der Waals surface area contributed by atoms with Gasteiger partial charge in [0.15, 0.2) is 0 Å². The van der Waals surface area contributed by atoms with Gasteiger partial charge in [-0.1, -0.05) is 6.07 Å². The van der Waals surface area contributed by atoms with E-state index in [9.17, 15) is 4.79 Å². The van der Waals surface area contributed by atoms with Crippen LogP contribution >= 0.6 is 0 Å². The Balaban J connectivity index is 2.11. The number of hydrogen-bond donors (Lipinski definition) is 1. The molecule has 1 aliphatic rings. The SMILES string of the molecule is Cc1ccc(C(=O)N2CC[NH+](C)CC2)cc1C. The summed E-state index contributed by atoms with van der Waals surface area (Å²) in [5.41, 5.74) is 3.26. The molecule has 1 fully saturated rings. The summed E-state index contributed by atoms with van der Waals surface area (Å²) in [5.74, 6) is 0.181. The number of nitrogens with zero attached hydrogens (tertiary/aromatic N) is 1. The number of piperazine rings is 1. The zero-order valence-corrected chi connectivity index (χ0v) is 10.9. The van der Waals surface area contributed by atoms with E-state index in [4.69, 9.17) is 0 Å². The molecule has 0 radical (unpaired) electrons. The van der Waals surface area contributed by atoms with Crippen LogP contribution in [0.15, 0.2) is 18.2 Å². The van der Waals surface area contributed by atoms with Crippen molar-refractivity contribution in [2.75, 3.05) is 33.2 Å². The highest BCUT2D eigenvalue weighted by Crippen LogP contribution is 2.12. The van der Waals surface area contributed by atoms with Gasteiger partial charge in [0.25, 0.3) is 5.91 Å². The number of likely N-dealkylation sites (N-methyl/N-ethyl adjacent to an activating group) is 1. The maximum absolute atomic E-state index is 12.3. The van der Waals surface area contributed by atoms with E-state index >= 15 is 0 Å². The van der Waals surface area contributed by atoms with Crippen LogP contribution in [0, 0.1) is 13.8 Å². The molecule has 17 heavy (non-hydrogen) atoms. The Morgan fingerprint density at radius 1 is 1.18 bits per heavy atom. The first-order valence-corrected chi connectivity index (χ1v) is 6.26. The average molecular weight is 233 g/mol. The second-order valence-electron chi connectivity index (χ2n) is 5.05. The van der Waals surface area contributed by atoms with E-state index in [0.29, 0.717) is 0 Å². The van der Waals surface area contributed by atoms with Crippen LogP contribution in [0.4, 0.5) is 0 Å². The van der Waals surface area contributed by atoms with E-state index in [-0.39, 0.29) is 5.91 Å². The number of aryl methyl sites for hydroxylation is 2. The van der Waals surface area contributed by atoms with Gasteiger partial charge in [-0.2, -0.15) is 0 Å². The van der Waals surface area contributed by atoms with Crippen molar-refractivity contribution in [2.45, 2.75) is 13.8 Å². The summed E-state index contributed by atoms with van der Waals surface area (Å²) >= 11 is 0. The van der Waals surface area contributed by atoms with Crippen molar-refractivity contribution in [3.63, 3.8) is 0 Å². The zero-order valence-electron chi connectivity index (χ0n) is 10.9. The maximum atomic E-state index is 12.3. The number of amides is 1. The molecule has 1 saturated heterocycles. The molecule has 1 heterocycles. The van der Waals surface area contributed by atoms with Crippen LogP contribution in [0.2, 0.25) is 0 Å². The first-order valence-electron chi connectivity index (χ1n) is 6.26. The molecular formula is C14H21N2O+. The molecule has 1 amide bonds. The van der Waals surface area contributed by atoms with Crippen molar-refractivity contribution < 1.29 is 9.69 Å². The lowest BCUT2D eigenvalue weighted by atomic mass is 10.1. The van der Waals surface area contributed by atoms with Crippen LogP contribution < -0.4 is 4.90 Å². The fraction of sp³-hybridized carbons (Fsp3) is 0.500. The second-order valence-corrected chi connectivity index (χ2v) is 5.05. The highest BCUT2D eigenvalue weighted by Gasteiger charge is 2.22. The third-order valence-electron chi connectivity index (χ3n) is 3.66. The minimum atomic E-state index is 0.181. The average Bonchev–Trinajstić information content (AvgIpc) is 2.33. The van der Waals surface area contributed by atoms with Crippen LogP contribution in [-0.2, 0) is 0 Å². The summed E-state index contributed by atoms with van der Waals surface area (Å²) in [5, 5.41) is 0. The summed E-state index contributed by atoms with van der Waals surface area (Å²) in [7, 11) is 2.18. The number of carbonyl (C=O) groups is 1. The highest BCUT2D eigenvalue weighted by molar-refractivity contribution is 5.94. The van der Waals surface area contributed by atoms with E-state index in [1.807, 2.05) is 23.1 Å². The van der Waals surface area contributed by atoms with Crippen molar-refractivity contribution in [1.29, 1.82) is 0 Å². The summed E-state index contributed by atoms with van der Waals surface area (Å²) in [6.07, 6.45) is 0. The minimum Gasteiger partial charge on any atom is -0.334 e. The summed E-state index contributed by atoms with van der Waals surface area (Å²) < 4.78 is 0. The van der Waals surface area contributed by atoms with E-state index in [1.54, 1.807) is 0 Å². The Hall–Kier alpha value is -1.35. The van der Waals surface area contributed by atoms with Gasteiger partial charge in [0.2, 0.25) is 0 Å². The topological polar surface area (TPSA) is 24.8 Å². The van der Waals surface area contributed by atoms with Crippen LogP contribution in [0.3, 0.4) is 0 Å². The van der Waals surface area contributed by atoms with Gasteiger partial charge in [-0.25, -0.2) is 0 Å². The lowest BCUT2D eigenvalue weighted by Crippen LogP contribution is -3.12. The van der Waals surface area contributed by atoms with Crippen molar-refractivity contribution in [3.8, 4) is 0 Å². The van der Waals surface area contributed by atoms with Gasteiger partial charge in [-0.15, -0.1) is 0 Å². The molecule has 3 nitrogen and oxygen atoms in total. The van der Waals surface area contributed by atoms with E-state index < -0.39 is 0 Å². The van der Waals surface area contributed by atoms with Crippen molar-refractivity contribution in [3.05, 3.63) is 34.9 Å². The molecule has 0 atom stereocenters. The van der Waals surface area contributed by atoms with Crippen LogP contribution in [0.5, 0.6) is 0 Å². The molecule has 0 unspecified atom stereocenters. The first kappa shape index (κ1) is 12.1. The Bertz CT molecular complexity index is 420. The number of carbonyl (C=O) groups excluding carboxylic acids is 1. The molecule has 92 valence electrons. The minimum absolute atomic E-state index is 0.181. The molecule has 2 rings (SSSR count). The normalized spacial score (nSPS) is 17.2. The number of nitrogens with one attached hydrogen (secondary N) is 1. The van der Waals surface area contributed by atoms with Gasteiger partial charge in [0.1, 0.15) is 0 Å². The number of quaternary nitrogens is 1. The summed E-state index contributed by atoms with van der Waals surface area (Å²) in [4.78, 5) is 15.8. The third-order valence-corrected chi connectivity index (χ3v) is 3.66. The molecule has 3 heteroatoms. The van der Waals surface area contributed by atoms with E-state index in [2.05, 4.69) is 20.9 Å². The molecule has 0 bridgehead atoms. The predicted molar refractivity (Wildman–Crippen MR) is 68.4 cm³/mol. The molecule has 0 saturated carbocycles. The Labute approximate surface area is 103 Å². The van der Waals surface area contributed by atoms with Gasteiger partial charge >= 0.3 is 0 Å². The fourth-order valence-electron chi connectivity index (χ4n) is 2.15. The number of benzene rings is 1. The third kappa shape index (κ3) is 2.67. The highest BCUT2D eigenvalue weighted by atomic mass is 16.2. The van der Waals surface area contributed by atoms with Crippen molar-refractivity contribution >= 4 is 5.91 Å². The molecule has 1 aromatic rings. The van der Waals surface area contributed by atoms with Crippen molar-refractivity contribution in [1.82, 2.24) is 4.90 Å². The van der Waals surface area contributed by atoms with Crippen LogP contribution in [0.25, 0.3) is 0 Å². The van der Waals surface area contributed by atoms with Gasteiger partial charge < -0.3 is 9.80 Å². The van der Waals surface area contributed by atoms with Gasteiger partial charge in [0, 0.05) is 5.56 Å². The predicted octanol–water partition coefficient (Wildman–Crippen LogP) is 0.274. The Morgan fingerprint density at radius 3 is 2.41 bits per heavy atom. The number of rotatable bonds is 1. The van der Waals surface area contributed by atoms with Crippen LogP contribution in [0.1, 0.15) is 21.5 Å². The largest absolute Gasteiger partial charge is 0.334 e. The second kappa shape index (κ2) is 4.88. The Kier molecular flexibility index (Phi) is 3.48. The summed E-state index contributed by atoms with van der Waals surface area (Å²) in [6, 6.07) is 5.97. The van der Waals surface area contributed by atoms with Gasteiger partial charge in [-0.3, -0.25) is 4.79 Å². The van der Waals surface area contributed by atoms with Gasteiger partial charge in [-0.05, 0) is 37.1 Å². The van der Waals surface area contributed by atoms with Crippen LogP contribution in [-0.4, -0.2) is 44.0 Å². The fourth-order valence-corrected chi connectivity index (χ4v) is 2.15. The Morgan fingerprint density at radius 2 is 1.82 bits per heavy atom. The number of hydrogen-bond acceptors (Lipinski definition) is 1. The molecule has 1 N–H and O–H groups in total. The van der Waals surface area contributed by atoms with E-state index in [1.165, 1.54) is 16.0 Å². The molecule has 0 aliphatic carbocycles. The molecular weight excluding hydrogens is 212 g/mol. The molecule has 1 aliphatic heterocycles. The summed E-state index contributed by atoms with van der Waals surface area (Å²) in [6.45, 7) is 7.98. The lowest BCUT2D eigenvalue weighted by molar-refractivity contribution is -0.883. The molecule has 1 aromatic carbocycles. The quantitative estimate of drug-likeness (QED) is 0.740. The lowest BCUT2D eigenvalue weighted by Gasteiger charge is -2.30. The molecule has 0 spiro atoms.